The van der Waals surface area contributed by atoms with Gasteiger partial charge in [-0.3, -0.25) is 9.59 Å². The second-order valence-corrected chi connectivity index (χ2v) is 6.18. The lowest BCUT2D eigenvalue weighted by atomic mass is 10.1. The molecule has 2 heterocycles. The summed E-state index contributed by atoms with van der Waals surface area (Å²) in [6, 6.07) is 11.7. The van der Waals surface area contributed by atoms with E-state index in [4.69, 9.17) is 0 Å². The molecule has 1 aromatic heterocycles. The lowest BCUT2D eigenvalue weighted by Crippen LogP contribution is -2.34. The molecule has 4 heteroatoms. The highest BCUT2D eigenvalue weighted by Crippen LogP contribution is 2.16. The number of rotatable bonds is 3. The third-order valence-electron chi connectivity index (χ3n) is 4.57. The molecule has 23 heavy (non-hydrogen) atoms. The predicted molar refractivity (Wildman–Crippen MR) is 90.9 cm³/mol. The van der Waals surface area contributed by atoms with Crippen molar-refractivity contribution in [2.75, 3.05) is 13.1 Å². The lowest BCUT2D eigenvalue weighted by molar-refractivity contribution is 0.0789. The summed E-state index contributed by atoms with van der Waals surface area (Å²) in [7, 11) is 0. The molecular formula is C19H22N2O2. The molecule has 4 nitrogen and oxygen atoms in total. The molecule has 0 atom stereocenters. The van der Waals surface area contributed by atoms with E-state index in [2.05, 4.69) is 16.7 Å². The Labute approximate surface area is 136 Å². The highest BCUT2D eigenvalue weighted by Gasteiger charge is 2.24. The Morgan fingerprint density at radius 3 is 2.39 bits per heavy atom. The first kappa shape index (κ1) is 15.5. The predicted octanol–water partition coefficient (Wildman–Crippen LogP) is 2.75. The highest BCUT2D eigenvalue weighted by molar-refractivity contribution is 5.95. The molecule has 0 unspecified atom stereocenters. The van der Waals surface area contributed by atoms with Crippen LogP contribution < -0.4 is 5.43 Å². The topological polar surface area (TPSA) is 42.3 Å². The summed E-state index contributed by atoms with van der Waals surface area (Å²) in [5.41, 5.74) is 2.96. The number of likely N-dealkylation sites (tertiary alicyclic amines) is 1. The van der Waals surface area contributed by atoms with Crippen LogP contribution in [0.25, 0.3) is 0 Å². The third-order valence-corrected chi connectivity index (χ3v) is 4.57. The van der Waals surface area contributed by atoms with E-state index < -0.39 is 0 Å². The van der Waals surface area contributed by atoms with Crippen molar-refractivity contribution >= 4 is 5.91 Å². The number of aromatic nitrogens is 1. The summed E-state index contributed by atoms with van der Waals surface area (Å²) in [5.74, 6) is -0.119. The molecule has 3 rings (SSSR count). The van der Waals surface area contributed by atoms with E-state index in [-0.39, 0.29) is 11.3 Å². The van der Waals surface area contributed by atoms with Gasteiger partial charge in [-0.25, -0.2) is 0 Å². The van der Waals surface area contributed by atoms with Gasteiger partial charge in [0.25, 0.3) is 5.91 Å². The van der Waals surface area contributed by atoms with Crippen LogP contribution in [0.2, 0.25) is 0 Å². The molecule has 0 saturated carbocycles. The first-order chi connectivity index (χ1) is 11.1. The molecule has 0 aliphatic carbocycles. The summed E-state index contributed by atoms with van der Waals surface area (Å²) in [5, 5.41) is 0. The van der Waals surface area contributed by atoms with Crippen molar-refractivity contribution < 1.29 is 4.79 Å². The van der Waals surface area contributed by atoms with Crippen LogP contribution in [0, 0.1) is 13.8 Å². The summed E-state index contributed by atoms with van der Waals surface area (Å²) in [6.45, 7) is 5.97. The van der Waals surface area contributed by atoms with Gasteiger partial charge in [0.15, 0.2) is 5.43 Å². The monoisotopic (exact) mass is 310 g/mol. The van der Waals surface area contributed by atoms with Gasteiger partial charge in [-0.1, -0.05) is 30.3 Å². The van der Waals surface area contributed by atoms with E-state index in [1.807, 2.05) is 32.0 Å². The Hall–Kier alpha value is -2.36. The summed E-state index contributed by atoms with van der Waals surface area (Å²) in [4.78, 5) is 26.9. The summed E-state index contributed by atoms with van der Waals surface area (Å²) < 4.78 is 2.06. The average molecular weight is 310 g/mol. The van der Waals surface area contributed by atoms with Gasteiger partial charge in [-0.15, -0.1) is 0 Å². The molecule has 0 spiro atoms. The number of amides is 1. The van der Waals surface area contributed by atoms with Crippen LogP contribution in [-0.2, 0) is 6.54 Å². The zero-order valence-corrected chi connectivity index (χ0v) is 13.7. The molecule has 1 fully saturated rings. The number of aryl methyl sites for hydroxylation is 1. The molecule has 1 saturated heterocycles. The van der Waals surface area contributed by atoms with Crippen LogP contribution in [0.4, 0.5) is 0 Å². The minimum Gasteiger partial charge on any atom is -0.344 e. The lowest BCUT2D eigenvalue weighted by Gasteiger charge is -2.21. The van der Waals surface area contributed by atoms with E-state index >= 15 is 0 Å². The van der Waals surface area contributed by atoms with Crippen molar-refractivity contribution in [3.05, 3.63) is 69.1 Å². The molecule has 120 valence electrons. The number of carbonyl (C=O) groups is 1. The SMILES string of the molecule is Cc1cc(=O)c(C(=O)N2CCCC2)c(C)n1Cc1ccccc1. The maximum atomic E-state index is 12.7. The van der Waals surface area contributed by atoms with Crippen molar-refractivity contribution in [1.82, 2.24) is 9.47 Å². The first-order valence-electron chi connectivity index (χ1n) is 8.12. The van der Waals surface area contributed by atoms with E-state index in [9.17, 15) is 9.59 Å². The van der Waals surface area contributed by atoms with Crippen LogP contribution in [0.1, 0.15) is 40.2 Å². The van der Waals surface area contributed by atoms with Crippen LogP contribution in [0.3, 0.4) is 0 Å². The van der Waals surface area contributed by atoms with Gasteiger partial charge in [0, 0.05) is 37.1 Å². The Morgan fingerprint density at radius 2 is 1.74 bits per heavy atom. The van der Waals surface area contributed by atoms with E-state index in [1.165, 1.54) is 0 Å². The van der Waals surface area contributed by atoms with Gasteiger partial charge in [0.1, 0.15) is 5.56 Å². The summed E-state index contributed by atoms with van der Waals surface area (Å²) >= 11 is 0. The normalized spacial score (nSPS) is 14.3. The molecule has 2 aromatic rings. The van der Waals surface area contributed by atoms with Gasteiger partial charge in [0.05, 0.1) is 0 Å². The minimum absolute atomic E-state index is 0.119. The maximum Gasteiger partial charge on any atom is 0.259 e. The van der Waals surface area contributed by atoms with Gasteiger partial charge in [-0.2, -0.15) is 0 Å². The molecule has 1 aliphatic heterocycles. The van der Waals surface area contributed by atoms with Gasteiger partial charge in [0.2, 0.25) is 0 Å². The summed E-state index contributed by atoms with van der Waals surface area (Å²) in [6.07, 6.45) is 2.05. The quantitative estimate of drug-likeness (QED) is 0.875. The van der Waals surface area contributed by atoms with Gasteiger partial charge in [-0.05, 0) is 32.3 Å². The van der Waals surface area contributed by atoms with Gasteiger partial charge < -0.3 is 9.47 Å². The highest BCUT2D eigenvalue weighted by atomic mass is 16.2. The smallest absolute Gasteiger partial charge is 0.259 e. The molecule has 0 N–H and O–H groups in total. The number of nitrogens with zero attached hydrogens (tertiary/aromatic N) is 2. The largest absolute Gasteiger partial charge is 0.344 e. The van der Waals surface area contributed by atoms with Crippen LogP contribution in [0.15, 0.2) is 41.2 Å². The Bertz CT molecular complexity index is 772. The Morgan fingerprint density at radius 1 is 1.09 bits per heavy atom. The molecule has 1 aromatic carbocycles. The van der Waals surface area contributed by atoms with E-state index in [0.717, 1.165) is 42.9 Å². The van der Waals surface area contributed by atoms with E-state index in [0.29, 0.717) is 12.1 Å². The van der Waals surface area contributed by atoms with Crippen LogP contribution in [-0.4, -0.2) is 28.5 Å². The fourth-order valence-electron chi connectivity index (χ4n) is 3.27. The molecular weight excluding hydrogens is 288 g/mol. The standard InChI is InChI=1S/C19H22N2O2/c1-14-12-17(22)18(19(23)20-10-6-7-11-20)15(2)21(14)13-16-8-4-3-5-9-16/h3-5,8-9,12H,6-7,10-11,13H2,1-2H3. The second-order valence-electron chi connectivity index (χ2n) is 6.18. The fourth-order valence-corrected chi connectivity index (χ4v) is 3.27. The number of pyridine rings is 1. The molecule has 0 radical (unpaired) electrons. The number of carbonyl (C=O) groups excluding carboxylic acids is 1. The van der Waals surface area contributed by atoms with Crippen molar-refractivity contribution in [3.63, 3.8) is 0 Å². The molecule has 0 bridgehead atoms. The average Bonchev–Trinajstić information content (AvgIpc) is 3.06. The molecule has 1 aliphatic rings. The maximum absolute atomic E-state index is 12.7. The number of hydrogen-bond acceptors (Lipinski definition) is 2. The number of benzene rings is 1. The minimum atomic E-state index is -0.166. The fraction of sp³-hybridized carbons (Fsp3) is 0.368. The van der Waals surface area contributed by atoms with Crippen LogP contribution >= 0.6 is 0 Å². The van der Waals surface area contributed by atoms with Gasteiger partial charge >= 0.3 is 0 Å². The Kier molecular flexibility index (Phi) is 4.33. The van der Waals surface area contributed by atoms with Crippen molar-refractivity contribution in [2.24, 2.45) is 0 Å². The second kappa shape index (κ2) is 6.41. The molecule has 1 amide bonds. The van der Waals surface area contributed by atoms with Crippen molar-refractivity contribution in [3.8, 4) is 0 Å². The first-order valence-corrected chi connectivity index (χ1v) is 8.12. The Balaban J connectivity index is 2.02. The zero-order chi connectivity index (χ0) is 16.4. The van der Waals surface area contributed by atoms with E-state index in [1.54, 1.807) is 11.0 Å². The van der Waals surface area contributed by atoms with Crippen LogP contribution in [0.5, 0.6) is 0 Å². The number of hydrogen-bond donors (Lipinski definition) is 0. The van der Waals surface area contributed by atoms with Crippen molar-refractivity contribution in [2.45, 2.75) is 33.2 Å². The zero-order valence-electron chi connectivity index (χ0n) is 13.7. The third kappa shape index (κ3) is 3.07. The van der Waals surface area contributed by atoms with Crippen molar-refractivity contribution in [1.29, 1.82) is 0 Å².